The van der Waals surface area contributed by atoms with Gasteiger partial charge in [-0.3, -0.25) is 4.68 Å². The molecule has 21 heavy (non-hydrogen) atoms. The number of rotatable bonds is 7. The fourth-order valence-electron chi connectivity index (χ4n) is 2.33. The van der Waals surface area contributed by atoms with Crippen LogP contribution in [0.1, 0.15) is 18.3 Å². The summed E-state index contributed by atoms with van der Waals surface area (Å²) in [5.74, 6) is 2.37. The van der Waals surface area contributed by atoms with Gasteiger partial charge in [-0.2, -0.15) is 5.10 Å². The largest absolute Gasteiger partial charge is 0.493 e. The van der Waals surface area contributed by atoms with Gasteiger partial charge in [0.2, 0.25) is 0 Å². The Morgan fingerprint density at radius 1 is 1.19 bits per heavy atom. The summed E-state index contributed by atoms with van der Waals surface area (Å²) >= 11 is 0. The van der Waals surface area contributed by atoms with Crippen LogP contribution >= 0.6 is 0 Å². The molecule has 0 amide bonds. The summed E-state index contributed by atoms with van der Waals surface area (Å²) < 4.78 is 12.4. The molecule has 0 bridgehead atoms. The molecule has 6 heteroatoms. The molecule has 1 atom stereocenters. The van der Waals surface area contributed by atoms with Crippen LogP contribution in [0.3, 0.4) is 0 Å². The van der Waals surface area contributed by atoms with Crippen molar-refractivity contribution in [2.24, 2.45) is 5.73 Å². The van der Waals surface area contributed by atoms with Gasteiger partial charge in [-0.05, 0) is 31.0 Å². The lowest BCUT2D eigenvalue weighted by molar-refractivity contribution is 0.354. The van der Waals surface area contributed by atoms with Gasteiger partial charge in [-0.1, -0.05) is 6.07 Å². The van der Waals surface area contributed by atoms with Crippen molar-refractivity contribution in [1.82, 2.24) is 14.8 Å². The van der Waals surface area contributed by atoms with Crippen molar-refractivity contribution in [3.63, 3.8) is 0 Å². The molecule has 0 saturated heterocycles. The highest BCUT2D eigenvalue weighted by atomic mass is 16.5. The first-order valence-electron chi connectivity index (χ1n) is 7.01. The molecule has 2 N–H and O–H groups in total. The third kappa shape index (κ3) is 3.72. The molecule has 0 aliphatic rings. The summed E-state index contributed by atoms with van der Waals surface area (Å²) in [5.41, 5.74) is 7.34. The van der Waals surface area contributed by atoms with E-state index >= 15 is 0 Å². The number of aromatic nitrogens is 3. The standard InChI is InChI=1S/C15H22N4O2/c1-4-19-15(17-10-18-19)9-12(16)7-11-5-6-13(20-2)14(8-11)21-3/h5-6,8,10,12H,4,7,9,16H2,1-3H3. The first-order chi connectivity index (χ1) is 10.2. The molecule has 0 fully saturated rings. The normalized spacial score (nSPS) is 12.2. The summed E-state index contributed by atoms with van der Waals surface area (Å²) in [6.07, 6.45) is 3.01. The quantitative estimate of drug-likeness (QED) is 0.835. The molecular weight excluding hydrogens is 268 g/mol. The fourth-order valence-corrected chi connectivity index (χ4v) is 2.33. The SMILES string of the molecule is CCn1ncnc1CC(N)Cc1ccc(OC)c(OC)c1. The van der Waals surface area contributed by atoms with Crippen molar-refractivity contribution in [3.8, 4) is 11.5 Å². The van der Waals surface area contributed by atoms with Crippen molar-refractivity contribution < 1.29 is 9.47 Å². The number of benzene rings is 1. The van der Waals surface area contributed by atoms with Crippen LogP contribution in [-0.4, -0.2) is 35.0 Å². The molecule has 1 heterocycles. The van der Waals surface area contributed by atoms with Gasteiger partial charge < -0.3 is 15.2 Å². The Hall–Kier alpha value is -2.08. The van der Waals surface area contributed by atoms with Crippen LogP contribution in [0.5, 0.6) is 11.5 Å². The van der Waals surface area contributed by atoms with Gasteiger partial charge in [-0.15, -0.1) is 0 Å². The van der Waals surface area contributed by atoms with E-state index in [4.69, 9.17) is 15.2 Å². The molecule has 1 unspecified atom stereocenters. The second kappa shape index (κ2) is 7.08. The Morgan fingerprint density at radius 3 is 2.62 bits per heavy atom. The summed E-state index contributed by atoms with van der Waals surface area (Å²) in [6.45, 7) is 2.84. The number of ether oxygens (including phenoxy) is 2. The molecule has 114 valence electrons. The average Bonchev–Trinajstić information content (AvgIpc) is 2.94. The molecule has 0 saturated carbocycles. The van der Waals surface area contributed by atoms with E-state index in [-0.39, 0.29) is 6.04 Å². The highest BCUT2D eigenvalue weighted by molar-refractivity contribution is 5.43. The second-order valence-electron chi connectivity index (χ2n) is 4.85. The van der Waals surface area contributed by atoms with E-state index < -0.39 is 0 Å². The zero-order chi connectivity index (χ0) is 15.2. The van der Waals surface area contributed by atoms with Crippen molar-refractivity contribution >= 4 is 0 Å². The summed E-state index contributed by atoms with van der Waals surface area (Å²) in [7, 11) is 3.26. The zero-order valence-corrected chi connectivity index (χ0v) is 12.7. The Kier molecular flexibility index (Phi) is 5.16. The number of aryl methyl sites for hydroxylation is 1. The van der Waals surface area contributed by atoms with Crippen LogP contribution in [-0.2, 0) is 19.4 Å². The fraction of sp³-hybridized carbons (Fsp3) is 0.467. The lowest BCUT2D eigenvalue weighted by Crippen LogP contribution is -2.27. The molecule has 2 aromatic rings. The minimum Gasteiger partial charge on any atom is -0.493 e. The molecule has 0 radical (unpaired) electrons. The summed E-state index contributed by atoms with van der Waals surface area (Å²) in [4.78, 5) is 4.26. The van der Waals surface area contributed by atoms with Crippen molar-refractivity contribution in [3.05, 3.63) is 35.9 Å². The molecule has 0 aliphatic heterocycles. The third-order valence-electron chi connectivity index (χ3n) is 3.39. The average molecular weight is 290 g/mol. The van der Waals surface area contributed by atoms with Crippen LogP contribution in [0.15, 0.2) is 24.5 Å². The van der Waals surface area contributed by atoms with Crippen molar-refractivity contribution in [1.29, 1.82) is 0 Å². The lowest BCUT2D eigenvalue weighted by Gasteiger charge is -2.14. The van der Waals surface area contributed by atoms with Gasteiger partial charge in [0.05, 0.1) is 14.2 Å². The number of nitrogens with zero attached hydrogens (tertiary/aromatic N) is 3. The molecule has 1 aromatic heterocycles. The summed E-state index contributed by atoms with van der Waals surface area (Å²) in [5, 5.41) is 4.16. The lowest BCUT2D eigenvalue weighted by atomic mass is 10.0. The maximum atomic E-state index is 6.23. The van der Waals surface area contributed by atoms with Gasteiger partial charge >= 0.3 is 0 Å². The van der Waals surface area contributed by atoms with E-state index in [0.717, 1.165) is 35.9 Å². The molecule has 1 aromatic carbocycles. The van der Waals surface area contributed by atoms with E-state index in [0.29, 0.717) is 6.42 Å². The van der Waals surface area contributed by atoms with E-state index in [1.165, 1.54) is 0 Å². The highest BCUT2D eigenvalue weighted by Crippen LogP contribution is 2.28. The van der Waals surface area contributed by atoms with Crippen LogP contribution in [0.4, 0.5) is 0 Å². The number of hydrogen-bond donors (Lipinski definition) is 1. The van der Waals surface area contributed by atoms with Gasteiger partial charge in [0.25, 0.3) is 0 Å². The third-order valence-corrected chi connectivity index (χ3v) is 3.39. The van der Waals surface area contributed by atoms with Crippen LogP contribution in [0.25, 0.3) is 0 Å². The monoisotopic (exact) mass is 290 g/mol. The van der Waals surface area contributed by atoms with Gasteiger partial charge in [0.1, 0.15) is 12.2 Å². The zero-order valence-electron chi connectivity index (χ0n) is 12.7. The Labute approximate surface area is 124 Å². The number of nitrogens with two attached hydrogens (primary N) is 1. The van der Waals surface area contributed by atoms with E-state index in [1.807, 2.05) is 29.8 Å². The topological polar surface area (TPSA) is 75.2 Å². The van der Waals surface area contributed by atoms with Crippen molar-refractivity contribution in [2.75, 3.05) is 14.2 Å². The van der Waals surface area contributed by atoms with E-state index in [1.54, 1.807) is 20.5 Å². The minimum absolute atomic E-state index is 0.0161. The molecule has 0 aliphatic carbocycles. The Morgan fingerprint density at radius 2 is 1.95 bits per heavy atom. The Balaban J connectivity index is 2.04. The number of methoxy groups -OCH3 is 2. The van der Waals surface area contributed by atoms with Crippen LogP contribution < -0.4 is 15.2 Å². The first kappa shape index (κ1) is 15.3. The molecule has 2 rings (SSSR count). The first-order valence-corrected chi connectivity index (χ1v) is 7.01. The van der Waals surface area contributed by atoms with Gasteiger partial charge in [0.15, 0.2) is 11.5 Å². The summed E-state index contributed by atoms with van der Waals surface area (Å²) in [6, 6.07) is 5.85. The van der Waals surface area contributed by atoms with Gasteiger partial charge in [0, 0.05) is 19.0 Å². The van der Waals surface area contributed by atoms with Crippen LogP contribution in [0, 0.1) is 0 Å². The predicted octanol–water partition coefficient (Wildman–Crippen LogP) is 1.43. The van der Waals surface area contributed by atoms with Crippen LogP contribution in [0.2, 0.25) is 0 Å². The van der Waals surface area contributed by atoms with Gasteiger partial charge in [-0.25, -0.2) is 4.98 Å². The second-order valence-corrected chi connectivity index (χ2v) is 4.85. The maximum Gasteiger partial charge on any atom is 0.160 e. The number of hydrogen-bond acceptors (Lipinski definition) is 5. The smallest absolute Gasteiger partial charge is 0.160 e. The van der Waals surface area contributed by atoms with Crippen molar-refractivity contribution in [2.45, 2.75) is 32.4 Å². The predicted molar refractivity (Wildman–Crippen MR) is 80.6 cm³/mol. The molecular formula is C15H22N4O2. The van der Waals surface area contributed by atoms with E-state index in [2.05, 4.69) is 10.1 Å². The molecule has 6 nitrogen and oxygen atoms in total. The maximum absolute atomic E-state index is 6.23. The highest BCUT2D eigenvalue weighted by Gasteiger charge is 2.12. The Bertz CT molecular complexity index is 583. The molecule has 0 spiro atoms. The minimum atomic E-state index is -0.0161. The van der Waals surface area contributed by atoms with E-state index in [9.17, 15) is 0 Å².